The molecule has 3 aromatic rings. The first-order valence-corrected chi connectivity index (χ1v) is 13.5. The Labute approximate surface area is 233 Å². The predicted octanol–water partition coefficient (Wildman–Crippen LogP) is 7.11. The molecular formula is C27H21Cl3N4O2S. The van der Waals surface area contributed by atoms with Gasteiger partial charge in [-0.25, -0.2) is 9.91 Å². The first kappa shape index (κ1) is 25.8. The van der Waals surface area contributed by atoms with E-state index >= 15 is 0 Å². The number of thioether (sulfide) groups is 1. The van der Waals surface area contributed by atoms with Gasteiger partial charge >= 0.3 is 0 Å². The fourth-order valence-electron chi connectivity index (χ4n) is 4.34. The van der Waals surface area contributed by atoms with Crippen molar-refractivity contribution in [2.24, 2.45) is 5.10 Å². The summed E-state index contributed by atoms with van der Waals surface area (Å²) >= 11 is 19.2. The van der Waals surface area contributed by atoms with Crippen LogP contribution in [-0.2, 0) is 9.59 Å². The van der Waals surface area contributed by atoms with Gasteiger partial charge < -0.3 is 0 Å². The van der Waals surface area contributed by atoms with E-state index in [-0.39, 0.29) is 28.6 Å². The zero-order valence-electron chi connectivity index (χ0n) is 19.6. The van der Waals surface area contributed by atoms with Gasteiger partial charge in [0.25, 0.3) is 0 Å². The van der Waals surface area contributed by atoms with Crippen LogP contribution in [0, 0.1) is 12.3 Å². The molecule has 1 fully saturated rings. The number of nitrogens with zero attached hydrogens (tertiary/aromatic N) is 3. The van der Waals surface area contributed by atoms with Crippen LogP contribution < -0.4 is 4.90 Å². The first-order chi connectivity index (χ1) is 17.7. The molecular weight excluding hydrogens is 551 g/mol. The third-order valence-electron chi connectivity index (χ3n) is 6.28. The second kappa shape index (κ2) is 10.5. The smallest absolute Gasteiger partial charge is 0.247 e. The molecule has 37 heavy (non-hydrogen) atoms. The van der Waals surface area contributed by atoms with Gasteiger partial charge in [0.1, 0.15) is 5.25 Å². The number of aryl methyl sites for hydroxylation is 1. The molecule has 3 aromatic carbocycles. The van der Waals surface area contributed by atoms with Gasteiger partial charge in [-0.3, -0.25) is 15.0 Å². The van der Waals surface area contributed by atoms with Crippen LogP contribution in [0.25, 0.3) is 0 Å². The highest BCUT2D eigenvalue weighted by atomic mass is 35.5. The molecule has 2 heterocycles. The number of benzene rings is 3. The van der Waals surface area contributed by atoms with E-state index < -0.39 is 11.2 Å². The van der Waals surface area contributed by atoms with E-state index in [2.05, 4.69) is 0 Å². The van der Waals surface area contributed by atoms with E-state index in [1.54, 1.807) is 17.1 Å². The number of nitrogens with one attached hydrogen (secondary N) is 1. The van der Waals surface area contributed by atoms with Crippen LogP contribution in [0.4, 0.5) is 5.69 Å². The largest absolute Gasteiger partial charge is 0.277 e. The van der Waals surface area contributed by atoms with Crippen molar-refractivity contribution in [3.05, 3.63) is 98.5 Å². The van der Waals surface area contributed by atoms with Gasteiger partial charge in [0.15, 0.2) is 5.17 Å². The number of imide groups is 1. The summed E-state index contributed by atoms with van der Waals surface area (Å²) in [6.07, 6.45) is 0.556. The number of carbonyl (C=O) groups excluding carboxylic acids is 2. The second-order valence-electron chi connectivity index (χ2n) is 8.81. The minimum Gasteiger partial charge on any atom is -0.277 e. The lowest BCUT2D eigenvalue weighted by Crippen LogP contribution is -2.32. The fraction of sp³-hybridized carbons (Fsp3) is 0.185. The van der Waals surface area contributed by atoms with E-state index in [1.807, 2.05) is 55.5 Å². The van der Waals surface area contributed by atoms with Crippen molar-refractivity contribution in [3.8, 4) is 0 Å². The summed E-state index contributed by atoms with van der Waals surface area (Å²) in [5.41, 5.74) is 4.28. The maximum Gasteiger partial charge on any atom is 0.247 e. The Kier molecular flexibility index (Phi) is 7.32. The SMILES string of the molecule is Cc1ccc(C2=NN(C(=N)S[C@@H]3CC(=O)N(c4ccc(Cl)c(Cl)c4)C3=O)[C@@H](c3ccc(Cl)cc3)C2)cc1. The van der Waals surface area contributed by atoms with Crippen LogP contribution in [0.1, 0.15) is 35.6 Å². The van der Waals surface area contributed by atoms with Gasteiger partial charge in [-0.05, 0) is 48.4 Å². The normalized spacial score (nSPS) is 19.5. The van der Waals surface area contributed by atoms with E-state index in [9.17, 15) is 9.59 Å². The summed E-state index contributed by atoms with van der Waals surface area (Å²) in [4.78, 5) is 27.1. The van der Waals surface area contributed by atoms with Gasteiger partial charge in [-0.15, -0.1) is 0 Å². The van der Waals surface area contributed by atoms with Gasteiger partial charge in [-0.2, -0.15) is 5.10 Å². The van der Waals surface area contributed by atoms with Crippen molar-refractivity contribution in [1.29, 1.82) is 5.41 Å². The summed E-state index contributed by atoms with van der Waals surface area (Å²) in [6.45, 7) is 2.02. The maximum atomic E-state index is 13.2. The topological polar surface area (TPSA) is 76.8 Å². The third kappa shape index (κ3) is 5.27. The highest BCUT2D eigenvalue weighted by Gasteiger charge is 2.42. The van der Waals surface area contributed by atoms with Crippen LogP contribution in [0.15, 0.2) is 71.8 Å². The molecule has 5 rings (SSSR count). The first-order valence-electron chi connectivity index (χ1n) is 11.5. The molecule has 6 nitrogen and oxygen atoms in total. The summed E-state index contributed by atoms with van der Waals surface area (Å²) < 4.78 is 0. The molecule has 2 atom stereocenters. The average molecular weight is 572 g/mol. The van der Waals surface area contributed by atoms with Crippen molar-refractivity contribution in [2.45, 2.75) is 31.1 Å². The summed E-state index contributed by atoms with van der Waals surface area (Å²) in [6, 6.07) is 19.9. The quantitative estimate of drug-likeness (QED) is 0.206. The number of amides is 2. The molecule has 1 N–H and O–H groups in total. The van der Waals surface area contributed by atoms with Crippen molar-refractivity contribution in [1.82, 2.24) is 5.01 Å². The van der Waals surface area contributed by atoms with Crippen molar-refractivity contribution in [3.63, 3.8) is 0 Å². The van der Waals surface area contributed by atoms with E-state index in [4.69, 9.17) is 45.3 Å². The molecule has 2 aliphatic heterocycles. The lowest BCUT2D eigenvalue weighted by Gasteiger charge is -2.24. The number of rotatable bonds is 4. The van der Waals surface area contributed by atoms with Gasteiger partial charge in [0, 0.05) is 17.9 Å². The number of anilines is 1. The Morgan fingerprint density at radius 3 is 2.32 bits per heavy atom. The minimum absolute atomic E-state index is 0.0277. The zero-order valence-corrected chi connectivity index (χ0v) is 22.7. The number of hydrogen-bond acceptors (Lipinski definition) is 5. The molecule has 0 spiro atoms. The van der Waals surface area contributed by atoms with Crippen molar-refractivity contribution >= 4 is 74.9 Å². The number of carbonyl (C=O) groups is 2. The second-order valence-corrected chi connectivity index (χ2v) is 11.3. The molecule has 0 aliphatic carbocycles. The van der Waals surface area contributed by atoms with E-state index in [1.165, 1.54) is 6.07 Å². The van der Waals surface area contributed by atoms with Gasteiger partial charge in [0.05, 0.1) is 27.5 Å². The Hall–Kier alpha value is -2.84. The summed E-state index contributed by atoms with van der Waals surface area (Å²) in [5, 5.41) is 15.8. The number of hydrazone groups is 1. The lowest BCUT2D eigenvalue weighted by molar-refractivity contribution is -0.121. The van der Waals surface area contributed by atoms with Gasteiger partial charge in [-0.1, -0.05) is 88.5 Å². The van der Waals surface area contributed by atoms with Crippen LogP contribution in [0.2, 0.25) is 15.1 Å². The Morgan fingerprint density at radius 1 is 0.946 bits per heavy atom. The fourth-order valence-corrected chi connectivity index (χ4v) is 5.74. The lowest BCUT2D eigenvalue weighted by atomic mass is 9.98. The number of hydrogen-bond donors (Lipinski definition) is 1. The Bertz CT molecular complexity index is 1430. The predicted molar refractivity (Wildman–Crippen MR) is 151 cm³/mol. The molecule has 1 saturated heterocycles. The summed E-state index contributed by atoms with van der Waals surface area (Å²) in [5.74, 6) is -0.753. The highest BCUT2D eigenvalue weighted by molar-refractivity contribution is 8.14. The van der Waals surface area contributed by atoms with Crippen LogP contribution in [-0.4, -0.2) is 33.0 Å². The van der Waals surface area contributed by atoms with Crippen molar-refractivity contribution < 1.29 is 9.59 Å². The Balaban J connectivity index is 1.40. The third-order valence-corrected chi connectivity index (χ3v) is 8.33. The van der Waals surface area contributed by atoms with Crippen LogP contribution >= 0.6 is 46.6 Å². The standard InChI is InChI=1S/C27H21Cl3N4O2S/c1-15-2-4-16(5-3-15)22-13-23(17-6-8-18(28)9-7-17)34(32-22)27(31)37-24-14-25(35)33(26(24)36)19-10-11-20(29)21(30)12-19/h2-12,23-24,31H,13-14H2,1H3/t23-,24-/m1/s1. The summed E-state index contributed by atoms with van der Waals surface area (Å²) in [7, 11) is 0. The average Bonchev–Trinajstić information content (AvgIpc) is 3.43. The molecule has 0 bridgehead atoms. The Morgan fingerprint density at radius 2 is 1.65 bits per heavy atom. The molecule has 2 aliphatic rings. The van der Waals surface area contributed by atoms with E-state index in [0.29, 0.717) is 22.2 Å². The number of halogens is 3. The molecule has 2 amide bonds. The molecule has 10 heteroatoms. The molecule has 0 unspecified atom stereocenters. The van der Waals surface area contributed by atoms with Crippen LogP contribution in [0.5, 0.6) is 0 Å². The van der Waals surface area contributed by atoms with Crippen LogP contribution in [0.3, 0.4) is 0 Å². The molecule has 0 aromatic heterocycles. The maximum absolute atomic E-state index is 13.2. The molecule has 0 saturated carbocycles. The highest BCUT2D eigenvalue weighted by Crippen LogP contribution is 2.38. The van der Waals surface area contributed by atoms with E-state index in [0.717, 1.165) is 39.1 Å². The zero-order chi connectivity index (χ0) is 26.3. The minimum atomic E-state index is -0.751. The monoisotopic (exact) mass is 570 g/mol. The molecule has 0 radical (unpaired) electrons. The number of amidine groups is 1. The van der Waals surface area contributed by atoms with Crippen molar-refractivity contribution in [2.75, 3.05) is 4.90 Å². The van der Waals surface area contributed by atoms with Gasteiger partial charge in [0.2, 0.25) is 11.8 Å². The molecule has 188 valence electrons.